The van der Waals surface area contributed by atoms with E-state index in [2.05, 4.69) is 5.32 Å². The Kier molecular flexibility index (Phi) is 4.59. The molecule has 0 atom stereocenters. The summed E-state index contributed by atoms with van der Waals surface area (Å²) >= 11 is 11.8. The second-order valence-electron chi connectivity index (χ2n) is 4.47. The van der Waals surface area contributed by atoms with Gasteiger partial charge in [-0.1, -0.05) is 29.3 Å². The molecule has 0 saturated heterocycles. The second-order valence-corrected chi connectivity index (χ2v) is 5.28. The predicted octanol–water partition coefficient (Wildman–Crippen LogP) is 2.83. The molecule has 2 N–H and O–H groups in total. The summed E-state index contributed by atoms with van der Waals surface area (Å²) in [5.74, 6) is -1.48. The maximum atomic E-state index is 11.9. The minimum atomic E-state index is -1.05. The number of carbonyl (C=O) groups is 2. The molecule has 1 amide bonds. The van der Waals surface area contributed by atoms with Crippen LogP contribution in [0.3, 0.4) is 0 Å². The molecule has 0 bridgehead atoms. The van der Waals surface area contributed by atoms with Gasteiger partial charge in [0.1, 0.15) is 0 Å². The van der Waals surface area contributed by atoms with Crippen LogP contribution in [0.25, 0.3) is 0 Å². The molecule has 0 radical (unpaired) electrons. The zero-order valence-electron chi connectivity index (χ0n) is 9.96. The molecule has 0 heterocycles. The Labute approximate surface area is 115 Å². The molecule has 18 heavy (non-hydrogen) atoms. The van der Waals surface area contributed by atoms with E-state index < -0.39 is 17.3 Å². The number of carboxylic acids is 1. The van der Waals surface area contributed by atoms with Crippen LogP contribution in [0, 0.1) is 5.41 Å². The van der Waals surface area contributed by atoms with Gasteiger partial charge in [0.2, 0.25) is 0 Å². The zero-order chi connectivity index (χ0) is 13.9. The lowest BCUT2D eigenvalue weighted by molar-refractivity contribution is -0.146. The van der Waals surface area contributed by atoms with Crippen molar-refractivity contribution in [1.29, 1.82) is 0 Å². The third kappa shape index (κ3) is 3.37. The Bertz CT molecular complexity index is 466. The molecule has 0 aliphatic carbocycles. The molecule has 0 aliphatic rings. The highest BCUT2D eigenvalue weighted by Gasteiger charge is 2.28. The minimum Gasteiger partial charge on any atom is -0.481 e. The number of hydrogen-bond acceptors (Lipinski definition) is 2. The van der Waals surface area contributed by atoms with Crippen LogP contribution in [0.2, 0.25) is 10.0 Å². The minimum absolute atomic E-state index is 0.0112. The van der Waals surface area contributed by atoms with Gasteiger partial charge < -0.3 is 10.4 Å². The van der Waals surface area contributed by atoms with Crippen LogP contribution >= 0.6 is 23.2 Å². The van der Waals surface area contributed by atoms with E-state index >= 15 is 0 Å². The summed E-state index contributed by atoms with van der Waals surface area (Å²) < 4.78 is 0. The number of rotatable bonds is 4. The molecule has 1 aromatic rings. The van der Waals surface area contributed by atoms with Gasteiger partial charge in [-0.25, -0.2) is 0 Å². The van der Waals surface area contributed by atoms with Crippen molar-refractivity contribution in [3.63, 3.8) is 0 Å². The molecule has 1 aromatic carbocycles. The van der Waals surface area contributed by atoms with E-state index in [1.165, 1.54) is 13.8 Å². The number of halogens is 2. The molecule has 0 aliphatic heterocycles. The highest BCUT2D eigenvalue weighted by atomic mass is 35.5. The summed E-state index contributed by atoms with van der Waals surface area (Å²) in [7, 11) is 0. The van der Waals surface area contributed by atoms with E-state index in [9.17, 15) is 9.59 Å². The Morgan fingerprint density at radius 1 is 1.28 bits per heavy atom. The molecule has 0 saturated carbocycles. The number of aliphatic carboxylic acids is 1. The summed E-state index contributed by atoms with van der Waals surface area (Å²) in [5, 5.41) is 11.9. The van der Waals surface area contributed by atoms with Crippen molar-refractivity contribution in [2.45, 2.75) is 13.8 Å². The molecule has 0 aromatic heterocycles. The zero-order valence-corrected chi connectivity index (χ0v) is 11.5. The maximum absolute atomic E-state index is 11.9. The van der Waals surface area contributed by atoms with Crippen molar-refractivity contribution in [3.8, 4) is 0 Å². The lowest BCUT2D eigenvalue weighted by Gasteiger charge is -2.19. The van der Waals surface area contributed by atoms with Gasteiger partial charge in [-0.15, -0.1) is 0 Å². The molecule has 0 unspecified atom stereocenters. The Morgan fingerprint density at radius 2 is 1.78 bits per heavy atom. The summed E-state index contributed by atoms with van der Waals surface area (Å²) in [6.45, 7) is 3.02. The molecular weight excluding hydrogens is 277 g/mol. The first-order valence-electron chi connectivity index (χ1n) is 5.21. The predicted molar refractivity (Wildman–Crippen MR) is 70.2 cm³/mol. The van der Waals surface area contributed by atoms with Gasteiger partial charge in [0.05, 0.1) is 21.0 Å². The normalized spacial score (nSPS) is 11.1. The summed E-state index contributed by atoms with van der Waals surface area (Å²) in [6.07, 6.45) is 0. The van der Waals surface area contributed by atoms with Gasteiger partial charge in [-0.2, -0.15) is 0 Å². The van der Waals surface area contributed by atoms with Crippen molar-refractivity contribution in [1.82, 2.24) is 5.32 Å². The average molecular weight is 290 g/mol. The summed E-state index contributed by atoms with van der Waals surface area (Å²) in [4.78, 5) is 22.8. The molecule has 98 valence electrons. The number of amides is 1. The Hall–Kier alpha value is -1.26. The van der Waals surface area contributed by atoms with Crippen molar-refractivity contribution in [3.05, 3.63) is 33.8 Å². The van der Waals surface area contributed by atoms with Crippen LogP contribution in [-0.2, 0) is 4.79 Å². The van der Waals surface area contributed by atoms with Crippen LogP contribution in [-0.4, -0.2) is 23.5 Å². The third-order valence-electron chi connectivity index (χ3n) is 2.46. The maximum Gasteiger partial charge on any atom is 0.310 e. The molecule has 6 heteroatoms. The van der Waals surface area contributed by atoms with Crippen LogP contribution in [0.5, 0.6) is 0 Å². The van der Waals surface area contributed by atoms with Crippen LogP contribution < -0.4 is 5.32 Å². The fourth-order valence-corrected chi connectivity index (χ4v) is 1.75. The topological polar surface area (TPSA) is 66.4 Å². The fraction of sp³-hybridized carbons (Fsp3) is 0.333. The highest BCUT2D eigenvalue weighted by molar-refractivity contribution is 6.39. The van der Waals surface area contributed by atoms with Crippen molar-refractivity contribution in [2.24, 2.45) is 5.41 Å². The van der Waals surface area contributed by atoms with E-state index in [1.807, 2.05) is 0 Å². The number of hydrogen-bond donors (Lipinski definition) is 2. The van der Waals surface area contributed by atoms with E-state index in [0.29, 0.717) is 0 Å². The van der Waals surface area contributed by atoms with E-state index in [0.717, 1.165) is 0 Å². The van der Waals surface area contributed by atoms with Crippen molar-refractivity contribution >= 4 is 35.1 Å². The molecular formula is C12H13Cl2NO3. The average Bonchev–Trinajstić information content (AvgIpc) is 2.26. The molecule has 0 fully saturated rings. The lowest BCUT2D eigenvalue weighted by atomic mass is 9.94. The van der Waals surface area contributed by atoms with Gasteiger partial charge in [0.15, 0.2) is 0 Å². The van der Waals surface area contributed by atoms with Gasteiger partial charge in [-0.05, 0) is 26.0 Å². The number of benzene rings is 1. The Morgan fingerprint density at radius 3 is 2.22 bits per heavy atom. The van der Waals surface area contributed by atoms with E-state index in [4.69, 9.17) is 28.3 Å². The van der Waals surface area contributed by atoms with Gasteiger partial charge in [0.25, 0.3) is 5.91 Å². The van der Waals surface area contributed by atoms with Gasteiger partial charge in [-0.3, -0.25) is 9.59 Å². The third-order valence-corrected chi connectivity index (χ3v) is 3.09. The number of carbonyl (C=O) groups excluding carboxylic acids is 1. The van der Waals surface area contributed by atoms with Crippen LogP contribution in [0.15, 0.2) is 18.2 Å². The first-order valence-corrected chi connectivity index (χ1v) is 5.97. The number of nitrogens with one attached hydrogen (secondary N) is 1. The first-order chi connectivity index (χ1) is 8.25. The van der Waals surface area contributed by atoms with E-state index in [1.54, 1.807) is 18.2 Å². The second kappa shape index (κ2) is 5.59. The molecule has 1 rings (SSSR count). The lowest BCUT2D eigenvalue weighted by Crippen LogP contribution is -2.39. The quantitative estimate of drug-likeness (QED) is 0.896. The smallest absolute Gasteiger partial charge is 0.310 e. The van der Waals surface area contributed by atoms with Crippen molar-refractivity contribution < 1.29 is 14.7 Å². The largest absolute Gasteiger partial charge is 0.481 e. The summed E-state index contributed by atoms with van der Waals surface area (Å²) in [5.41, 5.74) is -0.898. The van der Waals surface area contributed by atoms with Crippen LogP contribution in [0.1, 0.15) is 24.2 Å². The SMILES string of the molecule is CC(C)(CNC(=O)c1c(Cl)cccc1Cl)C(=O)O. The van der Waals surface area contributed by atoms with Gasteiger partial charge >= 0.3 is 5.97 Å². The highest BCUT2D eigenvalue weighted by Crippen LogP contribution is 2.24. The van der Waals surface area contributed by atoms with E-state index in [-0.39, 0.29) is 22.2 Å². The number of carboxylic acid groups (broad SMARTS) is 1. The molecule has 4 nitrogen and oxygen atoms in total. The van der Waals surface area contributed by atoms with Gasteiger partial charge in [0, 0.05) is 6.54 Å². The van der Waals surface area contributed by atoms with Crippen LogP contribution in [0.4, 0.5) is 0 Å². The Balaban J connectivity index is 2.82. The standard InChI is InChI=1S/C12H13Cl2NO3/c1-12(2,11(17)18)6-15-10(16)9-7(13)4-3-5-8(9)14/h3-5H,6H2,1-2H3,(H,15,16)(H,17,18). The molecule has 0 spiro atoms. The fourth-order valence-electron chi connectivity index (χ4n) is 1.18. The summed E-state index contributed by atoms with van der Waals surface area (Å²) in [6, 6.07) is 4.72. The van der Waals surface area contributed by atoms with Crippen molar-refractivity contribution in [2.75, 3.05) is 6.54 Å². The monoisotopic (exact) mass is 289 g/mol. The first kappa shape index (κ1) is 14.8.